The highest BCUT2D eigenvalue weighted by molar-refractivity contribution is 6.05. The molecule has 8 heteroatoms. The number of benzene rings is 1. The summed E-state index contributed by atoms with van der Waals surface area (Å²) >= 11 is 0. The van der Waals surface area contributed by atoms with Gasteiger partial charge in [-0.25, -0.2) is 9.67 Å². The van der Waals surface area contributed by atoms with E-state index in [0.29, 0.717) is 11.3 Å². The van der Waals surface area contributed by atoms with E-state index in [1.54, 1.807) is 27.8 Å². The summed E-state index contributed by atoms with van der Waals surface area (Å²) in [7, 11) is 1.84. The van der Waals surface area contributed by atoms with Gasteiger partial charge < -0.3 is 5.32 Å². The Balaban J connectivity index is 1.67. The number of nitrogens with zero attached hydrogens (tertiary/aromatic N) is 6. The molecule has 4 rings (SSSR count). The molecule has 0 atom stereocenters. The Hall–Kier alpha value is -3.99. The van der Waals surface area contributed by atoms with Gasteiger partial charge in [0.25, 0.3) is 5.91 Å². The molecule has 8 nitrogen and oxygen atoms in total. The summed E-state index contributed by atoms with van der Waals surface area (Å²) in [6.07, 6.45) is 6.78. The summed E-state index contributed by atoms with van der Waals surface area (Å²) in [6.45, 7) is 0. The van der Waals surface area contributed by atoms with Crippen LogP contribution in [0.4, 0.5) is 5.69 Å². The number of anilines is 1. The number of fused-ring (bicyclic) bond motifs is 1. The molecule has 1 N–H and O–H groups in total. The Kier molecular flexibility index (Phi) is 3.67. The number of pyridine rings is 1. The molecule has 126 valence electrons. The molecule has 26 heavy (non-hydrogen) atoms. The van der Waals surface area contributed by atoms with E-state index < -0.39 is 0 Å². The Labute approximate surface area is 148 Å². The zero-order chi connectivity index (χ0) is 18.1. The van der Waals surface area contributed by atoms with Crippen LogP contribution in [-0.4, -0.2) is 30.5 Å². The summed E-state index contributed by atoms with van der Waals surface area (Å²) in [5.74, 6) is -0.310. The van der Waals surface area contributed by atoms with Crippen molar-refractivity contribution in [3.8, 4) is 11.8 Å². The quantitative estimate of drug-likeness (QED) is 0.615. The number of carbonyl (C=O) groups is 1. The van der Waals surface area contributed by atoms with Crippen molar-refractivity contribution >= 4 is 22.5 Å². The van der Waals surface area contributed by atoms with Gasteiger partial charge in [0.1, 0.15) is 17.5 Å². The molecule has 0 saturated heterocycles. The molecular formula is C18H13N7O. The Morgan fingerprint density at radius 1 is 1.19 bits per heavy atom. The highest BCUT2D eigenvalue weighted by atomic mass is 16.1. The Bertz CT molecular complexity index is 1170. The molecule has 0 aliphatic heterocycles. The zero-order valence-corrected chi connectivity index (χ0v) is 13.8. The van der Waals surface area contributed by atoms with Crippen LogP contribution in [0.3, 0.4) is 0 Å². The van der Waals surface area contributed by atoms with Crippen LogP contribution in [0, 0.1) is 11.3 Å². The second-order valence-corrected chi connectivity index (χ2v) is 5.70. The molecule has 0 aliphatic rings. The van der Waals surface area contributed by atoms with Crippen molar-refractivity contribution in [1.82, 2.24) is 24.5 Å². The van der Waals surface area contributed by atoms with E-state index in [2.05, 4.69) is 20.5 Å². The summed E-state index contributed by atoms with van der Waals surface area (Å²) in [5, 5.41) is 21.2. The van der Waals surface area contributed by atoms with E-state index in [-0.39, 0.29) is 11.6 Å². The Morgan fingerprint density at radius 3 is 2.85 bits per heavy atom. The minimum atomic E-state index is -0.310. The number of aromatic nitrogens is 5. The van der Waals surface area contributed by atoms with Gasteiger partial charge in [0.2, 0.25) is 0 Å². The fourth-order valence-electron chi connectivity index (χ4n) is 2.66. The van der Waals surface area contributed by atoms with E-state index in [0.717, 1.165) is 16.6 Å². The number of amides is 1. The lowest BCUT2D eigenvalue weighted by Crippen LogP contribution is -2.12. The summed E-state index contributed by atoms with van der Waals surface area (Å²) < 4.78 is 3.46. The van der Waals surface area contributed by atoms with E-state index >= 15 is 0 Å². The van der Waals surface area contributed by atoms with Gasteiger partial charge in [0, 0.05) is 29.9 Å². The van der Waals surface area contributed by atoms with Crippen LogP contribution in [0.25, 0.3) is 16.6 Å². The van der Waals surface area contributed by atoms with Crippen molar-refractivity contribution in [1.29, 1.82) is 5.26 Å². The third-order valence-electron chi connectivity index (χ3n) is 3.90. The first-order valence-corrected chi connectivity index (χ1v) is 7.78. The van der Waals surface area contributed by atoms with Gasteiger partial charge in [0.15, 0.2) is 0 Å². The lowest BCUT2D eigenvalue weighted by molar-refractivity contribution is 0.102. The molecule has 3 aromatic heterocycles. The maximum Gasteiger partial charge on any atom is 0.255 e. The van der Waals surface area contributed by atoms with Gasteiger partial charge in [-0.3, -0.25) is 9.48 Å². The number of hydrogen-bond acceptors (Lipinski definition) is 5. The maximum atomic E-state index is 12.4. The fourth-order valence-corrected chi connectivity index (χ4v) is 2.66. The topological polar surface area (TPSA) is 101 Å². The largest absolute Gasteiger partial charge is 0.322 e. The van der Waals surface area contributed by atoms with Crippen LogP contribution in [0.5, 0.6) is 0 Å². The van der Waals surface area contributed by atoms with E-state index in [1.165, 1.54) is 12.3 Å². The summed E-state index contributed by atoms with van der Waals surface area (Å²) in [6, 6.07) is 10.5. The highest BCUT2D eigenvalue weighted by Crippen LogP contribution is 2.22. The number of carbonyl (C=O) groups excluding carboxylic acids is 1. The predicted molar refractivity (Wildman–Crippen MR) is 94.7 cm³/mol. The third-order valence-corrected chi connectivity index (χ3v) is 3.90. The van der Waals surface area contributed by atoms with Crippen LogP contribution in [-0.2, 0) is 7.05 Å². The number of nitriles is 1. The highest BCUT2D eigenvalue weighted by Gasteiger charge is 2.11. The van der Waals surface area contributed by atoms with Crippen LogP contribution >= 0.6 is 0 Å². The average molecular weight is 343 g/mol. The van der Waals surface area contributed by atoms with Gasteiger partial charge in [-0.15, -0.1) is 0 Å². The number of nitrogens with one attached hydrogen (secondary N) is 1. The van der Waals surface area contributed by atoms with Crippen molar-refractivity contribution in [2.24, 2.45) is 7.05 Å². The van der Waals surface area contributed by atoms with Crippen LogP contribution in [0.15, 0.2) is 55.1 Å². The molecule has 0 aliphatic carbocycles. The van der Waals surface area contributed by atoms with Crippen molar-refractivity contribution in [3.63, 3.8) is 0 Å². The first-order valence-electron chi connectivity index (χ1n) is 7.78. The van der Waals surface area contributed by atoms with Crippen LogP contribution < -0.4 is 5.32 Å². The molecule has 1 aromatic carbocycles. The van der Waals surface area contributed by atoms with E-state index in [4.69, 9.17) is 5.26 Å². The van der Waals surface area contributed by atoms with Crippen LogP contribution in [0.1, 0.15) is 16.1 Å². The SMILES string of the molecule is Cn1cc(-n2ncc3ccc(NC(=O)c4ccnc(C#N)c4)cc32)cn1. The van der Waals surface area contributed by atoms with Gasteiger partial charge in [-0.05, 0) is 30.3 Å². The van der Waals surface area contributed by atoms with Crippen LogP contribution in [0.2, 0.25) is 0 Å². The standard InChI is InChI=1S/C18H13N7O/c1-24-11-16(10-21-24)25-17-7-14(3-2-13(17)9-22-25)23-18(26)12-4-5-20-15(6-12)8-19/h2-7,9-11H,1H3,(H,23,26). The first-order chi connectivity index (χ1) is 12.6. The summed E-state index contributed by atoms with van der Waals surface area (Å²) in [5.41, 5.74) is 2.88. The first kappa shape index (κ1) is 15.5. The van der Waals surface area contributed by atoms with Gasteiger partial charge in [-0.1, -0.05) is 0 Å². The fraction of sp³-hybridized carbons (Fsp3) is 0.0556. The molecular weight excluding hydrogens is 330 g/mol. The van der Waals surface area contributed by atoms with Crippen molar-refractivity contribution in [2.45, 2.75) is 0 Å². The third kappa shape index (κ3) is 2.78. The van der Waals surface area contributed by atoms with Crippen molar-refractivity contribution < 1.29 is 4.79 Å². The molecule has 0 spiro atoms. The van der Waals surface area contributed by atoms with Gasteiger partial charge >= 0.3 is 0 Å². The minimum Gasteiger partial charge on any atom is -0.322 e. The number of aryl methyl sites for hydroxylation is 1. The zero-order valence-electron chi connectivity index (χ0n) is 13.8. The lowest BCUT2D eigenvalue weighted by Gasteiger charge is -2.06. The molecule has 0 bridgehead atoms. The molecule has 1 amide bonds. The second-order valence-electron chi connectivity index (χ2n) is 5.70. The molecule has 0 saturated carbocycles. The van der Waals surface area contributed by atoms with E-state index in [1.807, 2.05) is 37.5 Å². The lowest BCUT2D eigenvalue weighted by atomic mass is 10.2. The smallest absolute Gasteiger partial charge is 0.255 e. The monoisotopic (exact) mass is 343 g/mol. The van der Waals surface area contributed by atoms with Gasteiger partial charge in [0.05, 0.1) is 24.1 Å². The van der Waals surface area contributed by atoms with Gasteiger partial charge in [-0.2, -0.15) is 15.5 Å². The van der Waals surface area contributed by atoms with Crippen molar-refractivity contribution in [3.05, 3.63) is 66.4 Å². The average Bonchev–Trinajstić information content (AvgIpc) is 3.27. The molecule has 3 heterocycles. The predicted octanol–water partition coefficient (Wildman–Crippen LogP) is 2.28. The minimum absolute atomic E-state index is 0.197. The maximum absolute atomic E-state index is 12.4. The molecule has 0 radical (unpaired) electrons. The normalized spacial score (nSPS) is 10.6. The molecule has 0 unspecified atom stereocenters. The second kappa shape index (κ2) is 6.14. The molecule has 0 fully saturated rings. The Morgan fingerprint density at radius 2 is 2.08 bits per heavy atom. The molecule has 4 aromatic rings. The number of rotatable bonds is 3. The summed E-state index contributed by atoms with van der Waals surface area (Å²) in [4.78, 5) is 16.3. The number of hydrogen-bond donors (Lipinski definition) is 1. The van der Waals surface area contributed by atoms with E-state index in [9.17, 15) is 4.79 Å². The van der Waals surface area contributed by atoms with Crippen molar-refractivity contribution in [2.75, 3.05) is 5.32 Å².